The molecule has 0 unspecified atom stereocenters. The van der Waals surface area contributed by atoms with E-state index in [4.69, 9.17) is 4.74 Å². The lowest BCUT2D eigenvalue weighted by Gasteiger charge is -2.37. The molecule has 122 valence electrons. The number of anilines is 1. The molecular weight excluding hydrogens is 298 g/mol. The summed E-state index contributed by atoms with van der Waals surface area (Å²) in [4.78, 5) is 2.53. The van der Waals surface area contributed by atoms with E-state index in [9.17, 15) is 0 Å². The number of hydrogen-bond acceptors (Lipinski definition) is 6. The Kier molecular flexibility index (Phi) is 4.02. The third kappa shape index (κ3) is 2.33. The average molecular weight is 323 g/mol. The maximum Gasteiger partial charge on any atom is 0.245 e. The molecule has 1 aromatic rings. The normalized spacial score (nSPS) is 30.1. The van der Waals surface area contributed by atoms with Crippen LogP contribution in [0.4, 0.5) is 5.95 Å². The van der Waals surface area contributed by atoms with Crippen molar-refractivity contribution in [3.63, 3.8) is 0 Å². The van der Waals surface area contributed by atoms with Gasteiger partial charge in [0.1, 0.15) is 0 Å². The zero-order valence-corrected chi connectivity index (χ0v) is 14.1. The molecule has 0 aromatic carbocycles. The fraction of sp³-hybridized carbons (Fsp3) is 0.933. The summed E-state index contributed by atoms with van der Waals surface area (Å²) >= 11 is 1.84. The van der Waals surface area contributed by atoms with Crippen LogP contribution in [-0.2, 0) is 11.3 Å². The van der Waals surface area contributed by atoms with E-state index in [1.54, 1.807) is 0 Å². The van der Waals surface area contributed by atoms with E-state index in [2.05, 4.69) is 26.7 Å². The number of hydrogen-bond donors (Lipinski definition) is 0. The molecule has 1 spiro atoms. The van der Waals surface area contributed by atoms with E-state index in [1.165, 1.54) is 32.1 Å². The van der Waals surface area contributed by atoms with Crippen LogP contribution in [0.3, 0.4) is 0 Å². The third-order valence-corrected chi connectivity index (χ3v) is 6.51. The van der Waals surface area contributed by atoms with Gasteiger partial charge in [0.05, 0.1) is 6.54 Å². The Balaban J connectivity index is 1.61. The smallest absolute Gasteiger partial charge is 0.245 e. The van der Waals surface area contributed by atoms with Gasteiger partial charge in [-0.2, -0.15) is 11.8 Å². The highest BCUT2D eigenvalue weighted by Gasteiger charge is 2.55. The number of thioether (sulfide) groups is 1. The topological polar surface area (TPSA) is 56.1 Å². The highest BCUT2D eigenvalue weighted by atomic mass is 32.2. The molecule has 0 bridgehead atoms. The molecule has 0 N–H and O–H groups in total. The Morgan fingerprint density at radius 1 is 1.32 bits per heavy atom. The van der Waals surface area contributed by atoms with Crippen LogP contribution >= 0.6 is 11.8 Å². The van der Waals surface area contributed by atoms with E-state index in [1.807, 2.05) is 16.4 Å². The van der Waals surface area contributed by atoms with Gasteiger partial charge in [0.15, 0.2) is 0 Å². The van der Waals surface area contributed by atoms with Gasteiger partial charge in [0.25, 0.3) is 0 Å². The predicted molar refractivity (Wildman–Crippen MR) is 87.2 cm³/mol. The van der Waals surface area contributed by atoms with Gasteiger partial charge in [-0.1, -0.05) is 11.5 Å². The molecule has 3 fully saturated rings. The minimum absolute atomic E-state index is 0.440. The van der Waals surface area contributed by atoms with Crippen LogP contribution in [0.25, 0.3) is 0 Å². The molecule has 1 aromatic heterocycles. The second-order valence-electron chi connectivity index (χ2n) is 6.90. The molecule has 22 heavy (non-hydrogen) atoms. The lowest BCUT2D eigenvalue weighted by Crippen LogP contribution is -2.37. The molecule has 2 saturated heterocycles. The lowest BCUT2D eigenvalue weighted by atomic mass is 9.71. The first kappa shape index (κ1) is 14.8. The van der Waals surface area contributed by atoms with Crippen molar-refractivity contribution in [3.8, 4) is 0 Å². The van der Waals surface area contributed by atoms with Crippen molar-refractivity contribution in [1.82, 2.24) is 20.2 Å². The van der Waals surface area contributed by atoms with Crippen LogP contribution in [-0.4, -0.2) is 58.0 Å². The van der Waals surface area contributed by atoms with Crippen LogP contribution in [0.15, 0.2) is 0 Å². The van der Waals surface area contributed by atoms with Crippen LogP contribution < -0.4 is 4.90 Å². The number of fused-ring (bicyclic) bond motifs is 2. The Morgan fingerprint density at radius 3 is 3.00 bits per heavy atom. The monoisotopic (exact) mass is 323 g/mol. The quantitative estimate of drug-likeness (QED) is 0.842. The molecule has 3 heterocycles. The fourth-order valence-corrected chi connectivity index (χ4v) is 5.21. The van der Waals surface area contributed by atoms with Gasteiger partial charge in [-0.3, -0.25) is 0 Å². The zero-order chi connectivity index (χ0) is 15.0. The Morgan fingerprint density at radius 2 is 2.18 bits per heavy atom. The number of ether oxygens (including phenoxy) is 1. The minimum Gasteiger partial charge on any atom is -0.381 e. The minimum atomic E-state index is 0.440. The van der Waals surface area contributed by atoms with Gasteiger partial charge in [-0.05, 0) is 53.7 Å². The van der Waals surface area contributed by atoms with Gasteiger partial charge in [-0.15, -0.1) is 0 Å². The van der Waals surface area contributed by atoms with E-state index >= 15 is 0 Å². The van der Waals surface area contributed by atoms with Crippen molar-refractivity contribution >= 4 is 17.7 Å². The molecule has 7 heteroatoms. The highest BCUT2D eigenvalue weighted by molar-refractivity contribution is 7.98. The summed E-state index contributed by atoms with van der Waals surface area (Å²) in [6, 6.07) is 0.636. The fourth-order valence-electron chi connectivity index (χ4n) is 4.86. The highest BCUT2D eigenvalue weighted by Crippen LogP contribution is 2.54. The van der Waals surface area contributed by atoms with Crippen molar-refractivity contribution in [2.75, 3.05) is 36.7 Å². The Hall–Kier alpha value is -0.820. The second kappa shape index (κ2) is 6.00. The second-order valence-corrected chi connectivity index (χ2v) is 7.89. The van der Waals surface area contributed by atoms with Crippen LogP contribution in [0.2, 0.25) is 0 Å². The van der Waals surface area contributed by atoms with Gasteiger partial charge >= 0.3 is 0 Å². The molecule has 4 rings (SSSR count). The number of nitrogens with zero attached hydrogens (tertiary/aromatic N) is 5. The van der Waals surface area contributed by atoms with Crippen molar-refractivity contribution in [2.45, 2.75) is 44.7 Å². The van der Waals surface area contributed by atoms with Crippen molar-refractivity contribution < 1.29 is 4.74 Å². The Labute approximate surface area is 136 Å². The maximum absolute atomic E-state index is 5.64. The molecule has 1 aliphatic carbocycles. The first-order chi connectivity index (χ1) is 10.8. The number of aromatic nitrogens is 4. The summed E-state index contributed by atoms with van der Waals surface area (Å²) in [5, 5.41) is 12.6. The largest absolute Gasteiger partial charge is 0.381 e. The molecule has 1 saturated carbocycles. The summed E-state index contributed by atoms with van der Waals surface area (Å²) < 4.78 is 7.64. The van der Waals surface area contributed by atoms with Gasteiger partial charge in [0.2, 0.25) is 5.95 Å². The first-order valence-corrected chi connectivity index (χ1v) is 9.83. The van der Waals surface area contributed by atoms with E-state index in [-0.39, 0.29) is 0 Å². The number of rotatable bonds is 4. The zero-order valence-electron chi connectivity index (χ0n) is 13.3. The first-order valence-electron chi connectivity index (χ1n) is 8.43. The SMILES string of the molecule is CSCCn1nnnc1N1CC2(CCOCC2)[C@@H]2CCC[C@@H]21. The number of aryl methyl sites for hydroxylation is 1. The lowest BCUT2D eigenvalue weighted by molar-refractivity contribution is 0.00154. The Bertz CT molecular complexity index is 516. The van der Waals surface area contributed by atoms with Gasteiger partial charge in [0, 0.05) is 31.6 Å². The molecule has 2 aliphatic heterocycles. The summed E-state index contributed by atoms with van der Waals surface area (Å²) in [5.41, 5.74) is 0.440. The van der Waals surface area contributed by atoms with Crippen LogP contribution in [0.1, 0.15) is 32.1 Å². The molecular formula is C15H25N5OS. The molecule has 2 atom stereocenters. The van der Waals surface area contributed by atoms with Crippen molar-refractivity contribution in [3.05, 3.63) is 0 Å². The molecule has 0 amide bonds. The van der Waals surface area contributed by atoms with Gasteiger partial charge < -0.3 is 9.64 Å². The predicted octanol–water partition coefficient (Wildman–Crippen LogP) is 1.82. The standard InChI is InChI=1S/C15H25N5OS/c1-22-10-7-20-14(16-17-18-20)19-11-15(5-8-21-9-6-15)12-3-2-4-13(12)19/h12-13H,2-11H2,1H3/t12-,13+/m1/s1. The summed E-state index contributed by atoms with van der Waals surface area (Å²) in [6.45, 7) is 3.86. The molecule has 6 nitrogen and oxygen atoms in total. The van der Waals surface area contributed by atoms with E-state index in [0.29, 0.717) is 11.5 Å². The third-order valence-electron chi connectivity index (χ3n) is 5.92. The van der Waals surface area contributed by atoms with Crippen molar-refractivity contribution in [2.24, 2.45) is 11.3 Å². The van der Waals surface area contributed by atoms with Crippen LogP contribution in [0, 0.1) is 11.3 Å². The summed E-state index contributed by atoms with van der Waals surface area (Å²) in [6.07, 6.45) is 8.55. The van der Waals surface area contributed by atoms with Crippen molar-refractivity contribution in [1.29, 1.82) is 0 Å². The molecule has 3 aliphatic rings. The summed E-state index contributed by atoms with van der Waals surface area (Å²) in [7, 11) is 0. The summed E-state index contributed by atoms with van der Waals surface area (Å²) in [5.74, 6) is 2.86. The number of tetrazole rings is 1. The average Bonchev–Trinajstić information content (AvgIpc) is 3.24. The van der Waals surface area contributed by atoms with Gasteiger partial charge in [-0.25, -0.2) is 4.68 Å². The van der Waals surface area contributed by atoms with Crippen LogP contribution in [0.5, 0.6) is 0 Å². The molecule has 0 radical (unpaired) electrons. The van der Waals surface area contributed by atoms with E-state index in [0.717, 1.165) is 43.9 Å². The maximum atomic E-state index is 5.64. The van der Waals surface area contributed by atoms with E-state index < -0.39 is 0 Å².